The fourth-order valence-electron chi connectivity index (χ4n) is 3.17. The first-order valence-corrected chi connectivity index (χ1v) is 9.71. The summed E-state index contributed by atoms with van der Waals surface area (Å²) in [5.74, 6) is 0. The van der Waals surface area contributed by atoms with Crippen LogP contribution in [0.1, 0.15) is 10.5 Å². The molecule has 3 aromatic rings. The van der Waals surface area contributed by atoms with Crippen LogP contribution in [0.25, 0.3) is 10.6 Å². The molecule has 0 radical (unpaired) electrons. The molecule has 2 aromatic carbocycles. The quantitative estimate of drug-likeness (QED) is 0.617. The number of hydrogen-bond donors (Lipinski definition) is 0. The van der Waals surface area contributed by atoms with Gasteiger partial charge in [0.15, 0.2) is 6.29 Å². The first kappa shape index (κ1) is 17.1. The van der Waals surface area contributed by atoms with Crippen LogP contribution in [0.15, 0.2) is 54.6 Å². The van der Waals surface area contributed by atoms with E-state index >= 15 is 0 Å². The maximum atomic E-state index is 11.5. The lowest BCUT2D eigenvalue weighted by atomic mass is 10.2. The molecule has 4 nitrogen and oxygen atoms in total. The van der Waals surface area contributed by atoms with Crippen LogP contribution in [0.4, 0.5) is 10.7 Å². The van der Waals surface area contributed by atoms with Gasteiger partial charge in [0, 0.05) is 42.5 Å². The van der Waals surface area contributed by atoms with Gasteiger partial charge >= 0.3 is 0 Å². The third-order valence-corrected chi connectivity index (χ3v) is 5.92. The summed E-state index contributed by atoms with van der Waals surface area (Å²) < 4.78 is 0. The van der Waals surface area contributed by atoms with E-state index in [1.54, 1.807) is 11.3 Å². The highest BCUT2D eigenvalue weighted by Crippen LogP contribution is 2.35. The summed E-state index contributed by atoms with van der Waals surface area (Å²) in [5, 5.41) is 2.60. The van der Waals surface area contributed by atoms with E-state index in [1.807, 2.05) is 48.5 Å². The van der Waals surface area contributed by atoms with E-state index < -0.39 is 0 Å². The Balaban J connectivity index is 1.52. The Hall–Kier alpha value is -2.37. The van der Waals surface area contributed by atoms with Gasteiger partial charge in [0.2, 0.25) is 0 Å². The zero-order valence-corrected chi connectivity index (χ0v) is 15.7. The Labute approximate surface area is 161 Å². The molecule has 0 N–H and O–H groups in total. The molecule has 0 amide bonds. The molecular weight excluding hydrogens is 366 g/mol. The average Bonchev–Trinajstić information content (AvgIpc) is 3.13. The van der Waals surface area contributed by atoms with Crippen LogP contribution in [0.5, 0.6) is 0 Å². The molecule has 0 saturated carbocycles. The van der Waals surface area contributed by atoms with Crippen molar-refractivity contribution >= 4 is 39.9 Å². The number of hydrogen-bond acceptors (Lipinski definition) is 5. The van der Waals surface area contributed by atoms with Crippen LogP contribution in [0, 0.1) is 0 Å². The number of thiazole rings is 1. The van der Waals surface area contributed by atoms with Gasteiger partial charge in [-0.25, -0.2) is 4.98 Å². The van der Waals surface area contributed by atoms with Crippen LogP contribution >= 0.6 is 22.9 Å². The summed E-state index contributed by atoms with van der Waals surface area (Å²) in [6.45, 7) is 3.47. The second kappa shape index (κ2) is 7.48. The predicted octanol–water partition coefficient (Wildman–Crippen LogP) is 4.60. The Kier molecular flexibility index (Phi) is 4.91. The first-order chi connectivity index (χ1) is 12.7. The van der Waals surface area contributed by atoms with Crippen LogP contribution < -0.4 is 9.80 Å². The average molecular weight is 384 g/mol. The molecule has 0 atom stereocenters. The van der Waals surface area contributed by atoms with Gasteiger partial charge in [0.05, 0.1) is 0 Å². The molecule has 0 spiro atoms. The third kappa shape index (κ3) is 3.45. The topological polar surface area (TPSA) is 36.4 Å². The molecule has 0 bridgehead atoms. The lowest BCUT2D eigenvalue weighted by molar-refractivity contribution is 0.112. The van der Waals surface area contributed by atoms with Gasteiger partial charge in [0.1, 0.15) is 15.7 Å². The van der Waals surface area contributed by atoms with Gasteiger partial charge in [-0.2, -0.15) is 0 Å². The lowest BCUT2D eigenvalue weighted by Crippen LogP contribution is -2.46. The van der Waals surface area contributed by atoms with Gasteiger partial charge in [-0.3, -0.25) is 4.79 Å². The number of nitrogens with zero attached hydrogens (tertiary/aromatic N) is 3. The number of benzene rings is 2. The second-order valence-electron chi connectivity index (χ2n) is 6.15. The third-order valence-electron chi connectivity index (χ3n) is 4.51. The van der Waals surface area contributed by atoms with Crippen molar-refractivity contribution in [2.24, 2.45) is 0 Å². The zero-order valence-electron chi connectivity index (χ0n) is 14.1. The van der Waals surface area contributed by atoms with E-state index in [4.69, 9.17) is 11.6 Å². The van der Waals surface area contributed by atoms with Gasteiger partial charge in [-0.15, -0.1) is 0 Å². The molecule has 4 rings (SSSR count). The Morgan fingerprint density at radius 3 is 2.38 bits per heavy atom. The smallest absolute Gasteiger partial charge is 0.171 e. The predicted molar refractivity (Wildman–Crippen MR) is 109 cm³/mol. The van der Waals surface area contributed by atoms with E-state index in [-0.39, 0.29) is 0 Å². The number of anilines is 2. The molecule has 132 valence electrons. The summed E-state index contributed by atoms with van der Waals surface area (Å²) in [5.41, 5.74) is 2.72. The van der Waals surface area contributed by atoms with E-state index in [2.05, 4.69) is 20.9 Å². The molecule has 6 heteroatoms. The van der Waals surface area contributed by atoms with Crippen molar-refractivity contribution in [2.75, 3.05) is 36.0 Å². The zero-order chi connectivity index (χ0) is 17.9. The number of piperazine rings is 1. The van der Waals surface area contributed by atoms with Crippen LogP contribution in [-0.4, -0.2) is 37.4 Å². The van der Waals surface area contributed by atoms with Gasteiger partial charge in [-0.1, -0.05) is 59.3 Å². The number of halogens is 1. The molecule has 1 aliphatic heterocycles. The standard InChI is InChI=1S/C20H18ClN3OS/c21-16-7-4-8-17(13-16)23-9-11-24(12-10-23)20-18(14-25)22-19(26-20)15-5-2-1-3-6-15/h1-8,13-14H,9-12H2. The highest BCUT2D eigenvalue weighted by Gasteiger charge is 2.23. The number of aldehydes is 1. The molecule has 1 fully saturated rings. The first-order valence-electron chi connectivity index (χ1n) is 8.51. The van der Waals surface area contributed by atoms with Gasteiger partial charge in [0.25, 0.3) is 0 Å². The molecule has 1 aromatic heterocycles. The Morgan fingerprint density at radius 1 is 0.962 bits per heavy atom. The molecule has 0 aliphatic carbocycles. The molecular formula is C20H18ClN3OS. The van der Waals surface area contributed by atoms with Crippen molar-refractivity contribution < 1.29 is 4.79 Å². The number of aromatic nitrogens is 1. The van der Waals surface area contributed by atoms with E-state index in [0.29, 0.717) is 5.69 Å². The fraction of sp³-hybridized carbons (Fsp3) is 0.200. The highest BCUT2D eigenvalue weighted by molar-refractivity contribution is 7.19. The minimum Gasteiger partial charge on any atom is -0.368 e. The van der Waals surface area contributed by atoms with Crippen LogP contribution in [0.3, 0.4) is 0 Å². The van der Waals surface area contributed by atoms with Crippen LogP contribution in [-0.2, 0) is 0 Å². The van der Waals surface area contributed by atoms with Crippen molar-refractivity contribution in [1.82, 2.24) is 4.98 Å². The Bertz CT molecular complexity index is 904. The monoisotopic (exact) mass is 383 g/mol. The maximum Gasteiger partial charge on any atom is 0.171 e. The second-order valence-corrected chi connectivity index (χ2v) is 7.56. The van der Waals surface area contributed by atoms with Crippen LogP contribution in [0.2, 0.25) is 5.02 Å². The van der Waals surface area contributed by atoms with Crippen molar-refractivity contribution in [3.63, 3.8) is 0 Å². The van der Waals surface area contributed by atoms with Gasteiger partial charge in [-0.05, 0) is 18.2 Å². The highest BCUT2D eigenvalue weighted by atomic mass is 35.5. The summed E-state index contributed by atoms with van der Waals surface area (Å²) in [6, 6.07) is 17.9. The van der Waals surface area contributed by atoms with E-state index in [1.165, 1.54) is 0 Å². The largest absolute Gasteiger partial charge is 0.368 e. The minimum atomic E-state index is 0.532. The summed E-state index contributed by atoms with van der Waals surface area (Å²) in [6.07, 6.45) is 0.863. The van der Waals surface area contributed by atoms with E-state index in [9.17, 15) is 4.79 Å². The van der Waals surface area contributed by atoms with Crippen molar-refractivity contribution in [1.29, 1.82) is 0 Å². The molecule has 26 heavy (non-hydrogen) atoms. The number of carbonyl (C=O) groups is 1. The summed E-state index contributed by atoms with van der Waals surface area (Å²) in [7, 11) is 0. The normalized spacial score (nSPS) is 14.5. The minimum absolute atomic E-state index is 0.532. The maximum absolute atomic E-state index is 11.5. The summed E-state index contributed by atoms with van der Waals surface area (Å²) >= 11 is 7.69. The number of carbonyl (C=O) groups excluding carboxylic acids is 1. The van der Waals surface area contributed by atoms with Crippen molar-refractivity contribution in [3.05, 3.63) is 65.3 Å². The van der Waals surface area contributed by atoms with Crippen molar-refractivity contribution in [3.8, 4) is 10.6 Å². The van der Waals surface area contributed by atoms with Gasteiger partial charge < -0.3 is 9.80 Å². The lowest BCUT2D eigenvalue weighted by Gasteiger charge is -2.36. The van der Waals surface area contributed by atoms with Crippen molar-refractivity contribution in [2.45, 2.75) is 0 Å². The molecule has 0 unspecified atom stereocenters. The molecule has 1 saturated heterocycles. The fourth-order valence-corrected chi connectivity index (χ4v) is 4.45. The summed E-state index contributed by atoms with van der Waals surface area (Å²) in [4.78, 5) is 20.7. The molecule has 2 heterocycles. The SMILES string of the molecule is O=Cc1nc(-c2ccccc2)sc1N1CCN(c2cccc(Cl)c2)CC1. The molecule has 1 aliphatic rings. The number of rotatable bonds is 4. The van der Waals surface area contributed by atoms with E-state index in [0.717, 1.165) is 58.7 Å². The Morgan fingerprint density at radius 2 is 1.69 bits per heavy atom.